The van der Waals surface area contributed by atoms with E-state index >= 15 is 0 Å². The fourth-order valence-corrected chi connectivity index (χ4v) is 3.83. The fourth-order valence-electron chi connectivity index (χ4n) is 1.86. The third kappa shape index (κ3) is 4.19. The summed E-state index contributed by atoms with van der Waals surface area (Å²) in [6, 6.07) is 2.66. The van der Waals surface area contributed by atoms with E-state index in [1.165, 1.54) is 4.57 Å². The Balaban J connectivity index is 2.42. The van der Waals surface area contributed by atoms with Gasteiger partial charge in [-0.15, -0.1) is 0 Å². The Morgan fingerprint density at radius 2 is 2.09 bits per heavy atom. The predicted octanol–water partition coefficient (Wildman–Crippen LogP) is 2.55. The average Bonchev–Trinajstić information content (AvgIpc) is 2.73. The largest absolute Gasteiger partial charge is 0.361 e. The van der Waals surface area contributed by atoms with Crippen LogP contribution in [0, 0.1) is 3.70 Å². The van der Waals surface area contributed by atoms with Gasteiger partial charge in [-0.2, -0.15) is 0 Å². The molecule has 122 valence electrons. The Labute approximate surface area is 149 Å². The molecule has 0 amide bonds. The number of hydrogen-bond acceptors (Lipinski definition) is 5. The minimum atomic E-state index is -3.48. The lowest BCUT2D eigenvalue weighted by atomic mass is 10.4. The van der Waals surface area contributed by atoms with Gasteiger partial charge in [-0.05, 0) is 34.7 Å². The SMILES string of the molecule is C[SiH](C)CCOCn1c(S(C)(=O)=O)nc2cc(Cl)c(I)nc21. The highest BCUT2D eigenvalue weighted by Gasteiger charge is 2.21. The van der Waals surface area contributed by atoms with E-state index in [1.54, 1.807) is 6.07 Å². The summed E-state index contributed by atoms with van der Waals surface area (Å²) in [5.74, 6) is 0. The first kappa shape index (κ1) is 18.1. The number of fused-ring (bicyclic) bond motifs is 1. The number of hydrogen-bond donors (Lipinski definition) is 0. The third-order valence-corrected chi connectivity index (χ3v) is 6.78. The van der Waals surface area contributed by atoms with Crippen LogP contribution >= 0.6 is 34.2 Å². The Hall–Kier alpha value is -0.233. The summed E-state index contributed by atoms with van der Waals surface area (Å²) in [5.41, 5.74) is 0.920. The predicted molar refractivity (Wildman–Crippen MR) is 98.0 cm³/mol. The molecule has 22 heavy (non-hydrogen) atoms. The number of halogens is 2. The van der Waals surface area contributed by atoms with Crippen LogP contribution < -0.4 is 0 Å². The van der Waals surface area contributed by atoms with Crippen LogP contribution in [0.15, 0.2) is 11.2 Å². The van der Waals surface area contributed by atoms with Gasteiger partial charge >= 0.3 is 0 Å². The van der Waals surface area contributed by atoms with E-state index in [0.717, 1.165) is 12.3 Å². The maximum absolute atomic E-state index is 11.9. The molecule has 2 aromatic rings. The van der Waals surface area contributed by atoms with Gasteiger partial charge in [-0.25, -0.2) is 18.4 Å². The molecule has 0 atom stereocenters. The maximum atomic E-state index is 11.9. The zero-order valence-electron chi connectivity index (χ0n) is 12.5. The first-order chi connectivity index (χ1) is 10.2. The number of ether oxygens (including phenoxy) is 1. The fraction of sp³-hybridized carbons (Fsp3) is 0.500. The summed E-state index contributed by atoms with van der Waals surface area (Å²) in [6.07, 6.45) is 1.12. The average molecular weight is 474 g/mol. The van der Waals surface area contributed by atoms with Crippen LogP contribution in [0.3, 0.4) is 0 Å². The Bertz CT molecular complexity index is 795. The van der Waals surface area contributed by atoms with Crippen LogP contribution in [0.5, 0.6) is 0 Å². The zero-order valence-corrected chi connectivity index (χ0v) is 17.4. The van der Waals surface area contributed by atoms with E-state index in [4.69, 9.17) is 16.3 Å². The molecular formula is C12H17ClIN3O3SSi. The molecule has 0 radical (unpaired) electrons. The lowest BCUT2D eigenvalue weighted by molar-refractivity contribution is 0.0838. The van der Waals surface area contributed by atoms with E-state index in [9.17, 15) is 8.42 Å². The summed E-state index contributed by atoms with van der Waals surface area (Å²) in [7, 11) is -4.17. The van der Waals surface area contributed by atoms with Crippen LogP contribution in [0.4, 0.5) is 0 Å². The zero-order chi connectivity index (χ0) is 16.5. The molecule has 2 heterocycles. The van der Waals surface area contributed by atoms with Gasteiger partial charge < -0.3 is 4.74 Å². The van der Waals surface area contributed by atoms with Gasteiger partial charge in [0.15, 0.2) is 5.65 Å². The van der Waals surface area contributed by atoms with E-state index in [1.807, 2.05) is 22.6 Å². The van der Waals surface area contributed by atoms with Crippen molar-refractivity contribution in [1.29, 1.82) is 0 Å². The quantitative estimate of drug-likeness (QED) is 0.279. The molecule has 2 rings (SSSR count). The number of imidazole rings is 1. The second-order valence-electron chi connectivity index (χ2n) is 5.42. The molecule has 0 N–H and O–H groups in total. The molecular weight excluding hydrogens is 457 g/mol. The standard InChI is InChI=1S/C12H17ClIN3O3SSi/c1-21(18,19)12-15-9-6-8(13)10(14)16-11(9)17(12)7-20-4-5-22(2)3/h6,22H,4-5,7H2,1-3H3. The number of pyridine rings is 1. The molecule has 0 aliphatic carbocycles. The van der Waals surface area contributed by atoms with E-state index in [0.29, 0.717) is 26.5 Å². The molecule has 6 nitrogen and oxygen atoms in total. The monoisotopic (exact) mass is 473 g/mol. The van der Waals surface area contributed by atoms with Crippen molar-refractivity contribution in [2.45, 2.75) is 31.0 Å². The van der Waals surface area contributed by atoms with Crippen molar-refractivity contribution in [3.63, 3.8) is 0 Å². The van der Waals surface area contributed by atoms with Gasteiger partial charge in [0.05, 0.1) is 5.02 Å². The highest BCUT2D eigenvalue weighted by molar-refractivity contribution is 14.1. The van der Waals surface area contributed by atoms with Crippen LogP contribution in [0.25, 0.3) is 11.2 Å². The van der Waals surface area contributed by atoms with Gasteiger partial charge in [0.1, 0.15) is 15.9 Å². The highest BCUT2D eigenvalue weighted by atomic mass is 127. The first-order valence-electron chi connectivity index (χ1n) is 6.70. The van der Waals surface area contributed by atoms with E-state index in [2.05, 4.69) is 23.1 Å². The molecule has 0 saturated carbocycles. The van der Waals surface area contributed by atoms with E-state index in [-0.39, 0.29) is 11.9 Å². The van der Waals surface area contributed by atoms with Crippen molar-refractivity contribution in [1.82, 2.24) is 14.5 Å². The second kappa shape index (κ2) is 7.12. The third-order valence-electron chi connectivity index (χ3n) is 2.99. The molecule has 0 unspecified atom stereocenters. The van der Waals surface area contributed by atoms with Gasteiger partial charge in [0.2, 0.25) is 15.0 Å². The number of sulfone groups is 1. The summed E-state index contributed by atoms with van der Waals surface area (Å²) in [4.78, 5) is 8.50. The van der Waals surface area contributed by atoms with Gasteiger partial charge in [-0.3, -0.25) is 4.57 Å². The molecule has 0 spiro atoms. The number of rotatable bonds is 6. The first-order valence-corrected chi connectivity index (χ1v) is 13.2. The topological polar surface area (TPSA) is 74.1 Å². The molecule has 0 aliphatic rings. The highest BCUT2D eigenvalue weighted by Crippen LogP contribution is 2.24. The molecule has 0 aliphatic heterocycles. The van der Waals surface area contributed by atoms with Crippen LogP contribution in [0.1, 0.15) is 0 Å². The lowest BCUT2D eigenvalue weighted by Crippen LogP contribution is -2.13. The molecule has 0 saturated heterocycles. The Morgan fingerprint density at radius 3 is 2.68 bits per heavy atom. The van der Waals surface area contributed by atoms with Crippen LogP contribution in [-0.4, -0.2) is 44.6 Å². The Morgan fingerprint density at radius 1 is 1.41 bits per heavy atom. The van der Waals surface area contributed by atoms with Gasteiger partial charge in [-0.1, -0.05) is 24.7 Å². The smallest absolute Gasteiger partial charge is 0.231 e. The molecule has 0 aromatic carbocycles. The minimum Gasteiger partial charge on any atom is -0.361 e. The summed E-state index contributed by atoms with van der Waals surface area (Å²) in [6.45, 7) is 5.20. The molecule has 2 aromatic heterocycles. The van der Waals surface area contributed by atoms with Crippen molar-refractivity contribution < 1.29 is 13.2 Å². The van der Waals surface area contributed by atoms with Crippen molar-refractivity contribution in [2.24, 2.45) is 0 Å². The molecule has 0 bridgehead atoms. The van der Waals surface area contributed by atoms with Gasteiger partial charge in [0, 0.05) is 21.7 Å². The summed E-state index contributed by atoms with van der Waals surface area (Å²) < 4.78 is 31.6. The maximum Gasteiger partial charge on any atom is 0.231 e. The number of nitrogens with zero attached hydrogens (tertiary/aromatic N) is 3. The number of aromatic nitrogens is 3. The van der Waals surface area contributed by atoms with Crippen LogP contribution in [0.2, 0.25) is 24.2 Å². The second-order valence-corrected chi connectivity index (χ2v) is 12.1. The van der Waals surface area contributed by atoms with Crippen molar-refractivity contribution in [3.8, 4) is 0 Å². The van der Waals surface area contributed by atoms with E-state index < -0.39 is 18.6 Å². The Kier molecular flexibility index (Phi) is 5.86. The molecule has 0 fully saturated rings. The minimum absolute atomic E-state index is 0.0464. The van der Waals surface area contributed by atoms with Crippen molar-refractivity contribution >= 4 is 64.0 Å². The van der Waals surface area contributed by atoms with Crippen molar-refractivity contribution in [3.05, 3.63) is 14.8 Å². The van der Waals surface area contributed by atoms with Gasteiger partial charge in [0.25, 0.3) is 0 Å². The van der Waals surface area contributed by atoms with Crippen LogP contribution in [-0.2, 0) is 21.3 Å². The normalized spacial score (nSPS) is 12.5. The van der Waals surface area contributed by atoms with Crippen molar-refractivity contribution in [2.75, 3.05) is 12.9 Å². The summed E-state index contributed by atoms with van der Waals surface area (Å²) >= 11 is 8.03. The summed E-state index contributed by atoms with van der Waals surface area (Å²) in [5, 5.41) is 0.402. The molecule has 10 heteroatoms. The lowest BCUT2D eigenvalue weighted by Gasteiger charge is -2.09.